The van der Waals surface area contributed by atoms with Gasteiger partial charge in [-0.15, -0.1) is 10.2 Å². The Morgan fingerprint density at radius 3 is 2.58 bits per heavy atom. The van der Waals surface area contributed by atoms with Crippen LogP contribution < -0.4 is 10.1 Å². The maximum absolute atomic E-state index is 13.4. The van der Waals surface area contributed by atoms with Gasteiger partial charge in [0.15, 0.2) is 0 Å². The molecule has 13 heteroatoms. The van der Waals surface area contributed by atoms with Crippen molar-refractivity contribution in [3.05, 3.63) is 36.1 Å². The molecular weight excluding hydrogens is 479 g/mol. The van der Waals surface area contributed by atoms with Gasteiger partial charge in [-0.1, -0.05) is 13.0 Å². The quantitative estimate of drug-likeness (QED) is 0.570. The van der Waals surface area contributed by atoms with Crippen molar-refractivity contribution in [3.63, 3.8) is 0 Å². The molecule has 1 aliphatic carbocycles. The average Bonchev–Trinajstić information content (AvgIpc) is 3.15. The number of hydrogen-bond acceptors (Lipinski definition) is 8. The van der Waals surface area contributed by atoms with E-state index in [4.69, 9.17) is 9.47 Å². The van der Waals surface area contributed by atoms with Gasteiger partial charge in [-0.2, -0.15) is 18.2 Å². The summed E-state index contributed by atoms with van der Waals surface area (Å²) in [4.78, 5) is 21.4. The number of hydrogen-bond donors (Lipinski definition) is 1. The zero-order chi connectivity index (χ0) is 25.4. The minimum atomic E-state index is -4.62. The standard InChI is InChI=1S/C23H28F3N7O3/c1-3-18(34)33-9-14(10-33)20-31-30-19(32(20)2)13-5-4-6-15(7-13)28-22-27-8-17(23(24,25)26)21(29-22)36-16-11-35-12-16/h3,8,13-16H,1,4-7,9-12H2,2H3,(H,27,28,29). The Hall–Kier alpha value is -3.22. The smallest absolute Gasteiger partial charge is 0.423 e. The molecule has 36 heavy (non-hydrogen) atoms. The fraction of sp³-hybridized carbons (Fsp3) is 0.609. The first-order valence-corrected chi connectivity index (χ1v) is 12.0. The van der Waals surface area contributed by atoms with Gasteiger partial charge in [0.05, 0.1) is 19.1 Å². The van der Waals surface area contributed by atoms with Crippen LogP contribution in [0.1, 0.15) is 54.7 Å². The van der Waals surface area contributed by atoms with Gasteiger partial charge in [-0.25, -0.2) is 4.98 Å². The summed E-state index contributed by atoms with van der Waals surface area (Å²) in [6, 6.07) is -0.0371. The van der Waals surface area contributed by atoms with Crippen LogP contribution in [0.3, 0.4) is 0 Å². The molecule has 3 fully saturated rings. The third-order valence-corrected chi connectivity index (χ3v) is 6.99. The lowest BCUT2D eigenvalue weighted by Gasteiger charge is -2.38. The number of aromatic nitrogens is 5. The highest BCUT2D eigenvalue weighted by molar-refractivity contribution is 5.87. The van der Waals surface area contributed by atoms with E-state index in [1.54, 1.807) is 4.90 Å². The van der Waals surface area contributed by atoms with Crippen LogP contribution >= 0.6 is 0 Å². The van der Waals surface area contributed by atoms with Crippen molar-refractivity contribution in [2.45, 2.75) is 55.8 Å². The van der Waals surface area contributed by atoms with Crippen LogP contribution in [-0.4, -0.2) is 74.0 Å². The van der Waals surface area contributed by atoms with Gasteiger partial charge in [0.25, 0.3) is 0 Å². The minimum absolute atomic E-state index is 0.0371. The topological polar surface area (TPSA) is 107 Å². The minimum Gasteiger partial charge on any atom is -0.469 e. The van der Waals surface area contributed by atoms with Crippen molar-refractivity contribution in [3.8, 4) is 5.88 Å². The van der Waals surface area contributed by atoms with Crippen molar-refractivity contribution in [2.24, 2.45) is 7.05 Å². The Kier molecular flexibility index (Phi) is 6.58. The summed E-state index contributed by atoms with van der Waals surface area (Å²) in [7, 11) is 1.94. The van der Waals surface area contributed by atoms with Crippen LogP contribution in [0.5, 0.6) is 5.88 Å². The number of halogens is 3. The molecule has 2 atom stereocenters. The molecule has 1 saturated carbocycles. The number of ether oxygens (including phenoxy) is 2. The Bertz CT molecular complexity index is 1130. The molecule has 2 saturated heterocycles. The molecule has 1 N–H and O–H groups in total. The molecular formula is C23H28F3N7O3. The van der Waals surface area contributed by atoms with Crippen molar-refractivity contribution in [1.29, 1.82) is 0 Å². The van der Waals surface area contributed by atoms with E-state index in [1.165, 1.54) is 6.08 Å². The number of alkyl halides is 3. The fourth-order valence-corrected chi connectivity index (χ4v) is 4.91. The lowest BCUT2D eigenvalue weighted by Crippen LogP contribution is -2.48. The lowest BCUT2D eigenvalue weighted by molar-refractivity contribution is -0.142. The largest absolute Gasteiger partial charge is 0.469 e. The summed E-state index contributed by atoms with van der Waals surface area (Å²) in [6.07, 6.45) is 0.403. The monoisotopic (exact) mass is 507 g/mol. The average molecular weight is 508 g/mol. The molecule has 194 valence electrons. The summed E-state index contributed by atoms with van der Waals surface area (Å²) in [6.45, 7) is 5.17. The van der Waals surface area contributed by atoms with E-state index in [1.807, 2.05) is 11.6 Å². The fourth-order valence-electron chi connectivity index (χ4n) is 4.91. The second kappa shape index (κ2) is 9.68. The summed E-state index contributed by atoms with van der Waals surface area (Å²) >= 11 is 0. The molecule has 0 radical (unpaired) electrons. The van der Waals surface area contributed by atoms with Gasteiger partial charge in [0.1, 0.15) is 23.3 Å². The number of amides is 1. The van der Waals surface area contributed by atoms with Gasteiger partial charge >= 0.3 is 6.18 Å². The zero-order valence-corrected chi connectivity index (χ0v) is 19.9. The molecule has 10 nitrogen and oxygen atoms in total. The Labute approximate surface area is 205 Å². The third-order valence-electron chi connectivity index (χ3n) is 6.99. The molecule has 2 aromatic rings. The van der Waals surface area contributed by atoms with E-state index < -0.39 is 23.7 Å². The van der Waals surface area contributed by atoms with E-state index in [0.29, 0.717) is 13.1 Å². The van der Waals surface area contributed by atoms with Crippen molar-refractivity contribution in [2.75, 3.05) is 31.6 Å². The molecule has 2 aliphatic heterocycles. The van der Waals surface area contributed by atoms with E-state index in [9.17, 15) is 18.0 Å². The highest BCUT2D eigenvalue weighted by atomic mass is 19.4. The lowest BCUT2D eigenvalue weighted by atomic mass is 9.85. The highest BCUT2D eigenvalue weighted by Gasteiger charge is 2.38. The first kappa shape index (κ1) is 24.5. The number of carbonyl (C=O) groups is 1. The molecule has 4 heterocycles. The molecule has 1 amide bonds. The number of anilines is 1. The number of nitrogens with zero attached hydrogens (tertiary/aromatic N) is 6. The molecule has 3 aliphatic rings. The predicted molar refractivity (Wildman–Crippen MR) is 121 cm³/mol. The number of nitrogens with one attached hydrogen (secondary N) is 1. The SMILES string of the molecule is C=CC(=O)N1CC(c2nnc(C3CCCC(Nc4ncc(C(F)(F)F)c(OC5COC5)n4)C3)n2C)C1. The highest BCUT2D eigenvalue weighted by Crippen LogP contribution is 2.37. The molecule has 5 rings (SSSR count). The summed E-state index contributed by atoms with van der Waals surface area (Å²) in [5, 5.41) is 12.0. The molecule has 0 aromatic carbocycles. The van der Waals surface area contributed by atoms with Crippen LogP contribution in [0.2, 0.25) is 0 Å². The first-order valence-electron chi connectivity index (χ1n) is 12.0. The predicted octanol–water partition coefficient (Wildman–Crippen LogP) is 2.65. The molecule has 2 aromatic heterocycles. The summed E-state index contributed by atoms with van der Waals surface area (Å²) < 4.78 is 52.6. The van der Waals surface area contributed by atoms with E-state index in [0.717, 1.165) is 43.5 Å². The van der Waals surface area contributed by atoms with Crippen LogP contribution in [0, 0.1) is 0 Å². The van der Waals surface area contributed by atoms with E-state index >= 15 is 0 Å². The van der Waals surface area contributed by atoms with Crippen molar-refractivity contribution < 1.29 is 27.4 Å². The second-order valence-electron chi connectivity index (χ2n) is 9.51. The summed E-state index contributed by atoms with van der Waals surface area (Å²) in [5.41, 5.74) is -1.00. The number of carbonyl (C=O) groups excluding carboxylic acids is 1. The van der Waals surface area contributed by atoms with Gasteiger partial charge < -0.3 is 24.3 Å². The normalized spacial score (nSPS) is 23.1. The van der Waals surface area contributed by atoms with Crippen molar-refractivity contribution in [1.82, 2.24) is 29.6 Å². The van der Waals surface area contributed by atoms with Gasteiger partial charge in [-0.3, -0.25) is 4.79 Å². The van der Waals surface area contributed by atoms with Crippen LogP contribution in [0.25, 0.3) is 0 Å². The second-order valence-corrected chi connectivity index (χ2v) is 9.51. The Morgan fingerprint density at radius 1 is 1.22 bits per heavy atom. The van der Waals surface area contributed by atoms with Gasteiger partial charge in [0.2, 0.25) is 17.7 Å². The van der Waals surface area contributed by atoms with Crippen molar-refractivity contribution >= 4 is 11.9 Å². The molecule has 2 unspecified atom stereocenters. The maximum atomic E-state index is 13.4. The first-order chi connectivity index (χ1) is 17.2. The van der Waals surface area contributed by atoms with Crippen LogP contribution in [0.4, 0.5) is 19.1 Å². The third kappa shape index (κ3) is 4.88. The summed E-state index contributed by atoms with van der Waals surface area (Å²) in [5.74, 6) is 1.51. The van der Waals surface area contributed by atoms with Gasteiger partial charge in [-0.05, 0) is 25.3 Å². The van der Waals surface area contributed by atoms with E-state index in [2.05, 4.69) is 32.1 Å². The Morgan fingerprint density at radius 2 is 1.94 bits per heavy atom. The maximum Gasteiger partial charge on any atom is 0.423 e. The van der Waals surface area contributed by atoms with Crippen LogP contribution in [0.15, 0.2) is 18.9 Å². The van der Waals surface area contributed by atoms with Gasteiger partial charge in [0, 0.05) is 38.3 Å². The number of rotatable bonds is 7. The number of likely N-dealkylation sites (tertiary alicyclic amines) is 1. The van der Waals surface area contributed by atoms with E-state index in [-0.39, 0.29) is 42.9 Å². The molecule has 0 bridgehead atoms. The molecule has 0 spiro atoms. The Balaban J connectivity index is 1.25. The zero-order valence-electron chi connectivity index (χ0n) is 19.9. The van der Waals surface area contributed by atoms with Crippen LogP contribution in [-0.2, 0) is 22.8 Å².